The molecule has 1 aromatic carbocycles. The maximum Gasteiger partial charge on any atom is 0.416 e. The van der Waals surface area contributed by atoms with Crippen molar-refractivity contribution >= 4 is 5.91 Å². The summed E-state index contributed by atoms with van der Waals surface area (Å²) in [7, 11) is 0. The molecule has 0 unspecified atom stereocenters. The quantitative estimate of drug-likeness (QED) is 0.673. The summed E-state index contributed by atoms with van der Waals surface area (Å²) in [5.74, 6) is 1.65. The molecule has 0 radical (unpaired) electrons. The number of rotatable bonds is 6. The summed E-state index contributed by atoms with van der Waals surface area (Å²) in [5, 5.41) is 3.95. The van der Waals surface area contributed by atoms with Crippen LogP contribution in [0.25, 0.3) is 11.5 Å². The van der Waals surface area contributed by atoms with Crippen LogP contribution in [0.1, 0.15) is 49.9 Å². The molecule has 168 valence electrons. The first-order chi connectivity index (χ1) is 14.9. The molecule has 2 heterocycles. The number of aromatic nitrogens is 2. The van der Waals surface area contributed by atoms with Crippen molar-refractivity contribution < 1.29 is 22.5 Å². The van der Waals surface area contributed by atoms with Crippen molar-refractivity contribution in [3.8, 4) is 11.5 Å². The number of amides is 1. The standard InChI is InChI=1S/C22H27F3N4O2/c23-22(24,25)18-8-6-17(7-9-18)21-26-19(27-31-21)15-28-11-13-29(14-12-28)20(30)10-5-16-3-1-2-4-16/h6-9,16H,1-5,10-15H2. The molecule has 2 fully saturated rings. The summed E-state index contributed by atoms with van der Waals surface area (Å²) in [6, 6.07) is 4.66. The van der Waals surface area contributed by atoms with Gasteiger partial charge in [-0.25, -0.2) is 0 Å². The molecule has 1 saturated heterocycles. The summed E-state index contributed by atoms with van der Waals surface area (Å²) in [6.45, 7) is 3.33. The maximum atomic E-state index is 12.7. The second-order valence-electron chi connectivity index (χ2n) is 8.44. The van der Waals surface area contributed by atoms with Gasteiger partial charge in [-0.05, 0) is 36.6 Å². The number of carbonyl (C=O) groups is 1. The maximum absolute atomic E-state index is 12.7. The molecule has 1 amide bonds. The van der Waals surface area contributed by atoms with Gasteiger partial charge in [-0.2, -0.15) is 18.2 Å². The van der Waals surface area contributed by atoms with E-state index in [1.54, 1.807) is 0 Å². The van der Waals surface area contributed by atoms with Gasteiger partial charge in [-0.1, -0.05) is 30.8 Å². The lowest BCUT2D eigenvalue weighted by atomic mass is 10.0. The summed E-state index contributed by atoms with van der Waals surface area (Å²) in [4.78, 5) is 20.9. The van der Waals surface area contributed by atoms with Crippen LogP contribution in [0, 0.1) is 5.92 Å². The van der Waals surface area contributed by atoms with E-state index >= 15 is 0 Å². The number of alkyl halides is 3. The molecule has 9 heteroatoms. The second kappa shape index (κ2) is 9.38. The smallest absolute Gasteiger partial charge is 0.340 e. The number of hydrogen-bond donors (Lipinski definition) is 0. The fourth-order valence-electron chi connectivity index (χ4n) is 4.38. The van der Waals surface area contributed by atoms with Crippen LogP contribution in [0.15, 0.2) is 28.8 Å². The van der Waals surface area contributed by atoms with Crippen LogP contribution in [0.3, 0.4) is 0 Å². The zero-order valence-corrected chi connectivity index (χ0v) is 17.4. The van der Waals surface area contributed by atoms with E-state index in [0.717, 1.165) is 37.6 Å². The van der Waals surface area contributed by atoms with Crippen molar-refractivity contribution in [2.24, 2.45) is 5.92 Å². The van der Waals surface area contributed by atoms with Gasteiger partial charge in [0.25, 0.3) is 5.89 Å². The van der Waals surface area contributed by atoms with Gasteiger partial charge in [0.1, 0.15) is 0 Å². The van der Waals surface area contributed by atoms with Gasteiger partial charge in [-0.15, -0.1) is 0 Å². The molecule has 1 saturated carbocycles. The third-order valence-electron chi connectivity index (χ3n) is 6.26. The van der Waals surface area contributed by atoms with E-state index in [1.165, 1.54) is 37.8 Å². The highest BCUT2D eigenvalue weighted by molar-refractivity contribution is 5.76. The van der Waals surface area contributed by atoms with Crippen molar-refractivity contribution in [3.05, 3.63) is 35.7 Å². The fourth-order valence-corrected chi connectivity index (χ4v) is 4.38. The second-order valence-corrected chi connectivity index (χ2v) is 8.44. The average Bonchev–Trinajstić information content (AvgIpc) is 3.44. The average molecular weight is 436 g/mol. The predicted molar refractivity (Wildman–Crippen MR) is 108 cm³/mol. The van der Waals surface area contributed by atoms with Gasteiger partial charge in [0.2, 0.25) is 5.91 Å². The van der Waals surface area contributed by atoms with E-state index in [-0.39, 0.29) is 11.8 Å². The number of piperazine rings is 1. The van der Waals surface area contributed by atoms with Crippen LogP contribution in [-0.4, -0.2) is 52.0 Å². The number of carbonyl (C=O) groups excluding carboxylic acids is 1. The summed E-state index contributed by atoms with van der Waals surface area (Å²) in [6.07, 6.45) is 2.40. The summed E-state index contributed by atoms with van der Waals surface area (Å²) < 4.78 is 43.3. The van der Waals surface area contributed by atoms with Crippen molar-refractivity contribution in [3.63, 3.8) is 0 Å². The molecule has 1 aliphatic heterocycles. The largest absolute Gasteiger partial charge is 0.416 e. The third-order valence-corrected chi connectivity index (χ3v) is 6.26. The zero-order valence-electron chi connectivity index (χ0n) is 17.4. The van der Waals surface area contributed by atoms with E-state index in [0.29, 0.717) is 37.4 Å². The lowest BCUT2D eigenvalue weighted by Gasteiger charge is -2.34. The Kier molecular flexibility index (Phi) is 6.60. The Balaban J connectivity index is 1.24. The monoisotopic (exact) mass is 436 g/mol. The van der Waals surface area contributed by atoms with Crippen LogP contribution in [0.5, 0.6) is 0 Å². The van der Waals surface area contributed by atoms with Gasteiger partial charge in [-0.3, -0.25) is 9.69 Å². The molecule has 4 rings (SSSR count). The SMILES string of the molecule is O=C(CCC1CCCC1)N1CCN(Cc2noc(-c3ccc(C(F)(F)F)cc3)n2)CC1. The molecular formula is C22H27F3N4O2. The lowest BCUT2D eigenvalue weighted by Crippen LogP contribution is -2.48. The van der Waals surface area contributed by atoms with E-state index in [4.69, 9.17) is 4.52 Å². The molecular weight excluding hydrogens is 409 g/mol. The van der Waals surface area contributed by atoms with Crippen LogP contribution in [0.2, 0.25) is 0 Å². The fraction of sp³-hybridized carbons (Fsp3) is 0.591. The number of hydrogen-bond acceptors (Lipinski definition) is 5. The topological polar surface area (TPSA) is 62.5 Å². The van der Waals surface area contributed by atoms with Crippen molar-refractivity contribution in [2.75, 3.05) is 26.2 Å². The molecule has 1 aliphatic carbocycles. The first kappa shape index (κ1) is 21.8. The summed E-state index contributed by atoms with van der Waals surface area (Å²) in [5.41, 5.74) is -0.268. The molecule has 0 bridgehead atoms. The van der Waals surface area contributed by atoms with Crippen LogP contribution < -0.4 is 0 Å². The Hall–Kier alpha value is -2.42. The van der Waals surface area contributed by atoms with Crippen LogP contribution >= 0.6 is 0 Å². The van der Waals surface area contributed by atoms with Crippen molar-refractivity contribution in [2.45, 2.75) is 51.2 Å². The highest BCUT2D eigenvalue weighted by atomic mass is 19.4. The molecule has 0 atom stereocenters. The first-order valence-corrected chi connectivity index (χ1v) is 10.9. The number of benzene rings is 1. The third kappa shape index (κ3) is 5.64. The molecule has 2 aliphatic rings. The van der Waals surface area contributed by atoms with Gasteiger partial charge in [0.05, 0.1) is 12.1 Å². The van der Waals surface area contributed by atoms with Crippen LogP contribution in [-0.2, 0) is 17.5 Å². The van der Waals surface area contributed by atoms with E-state index < -0.39 is 11.7 Å². The number of nitrogens with zero attached hydrogens (tertiary/aromatic N) is 4. The Bertz CT molecular complexity index is 868. The Morgan fingerprint density at radius 1 is 1.06 bits per heavy atom. The van der Waals surface area contributed by atoms with Gasteiger partial charge >= 0.3 is 6.18 Å². The number of halogens is 3. The van der Waals surface area contributed by atoms with E-state index in [2.05, 4.69) is 15.0 Å². The van der Waals surface area contributed by atoms with Crippen molar-refractivity contribution in [1.82, 2.24) is 19.9 Å². The van der Waals surface area contributed by atoms with Crippen molar-refractivity contribution in [1.29, 1.82) is 0 Å². The minimum Gasteiger partial charge on any atom is -0.340 e. The molecule has 0 N–H and O–H groups in total. The normalized spacial score (nSPS) is 18.6. The van der Waals surface area contributed by atoms with E-state index in [1.807, 2.05) is 4.90 Å². The lowest BCUT2D eigenvalue weighted by molar-refractivity contribution is -0.137. The minimum atomic E-state index is -4.38. The van der Waals surface area contributed by atoms with E-state index in [9.17, 15) is 18.0 Å². The minimum absolute atomic E-state index is 0.199. The Labute approximate surface area is 179 Å². The molecule has 31 heavy (non-hydrogen) atoms. The van der Waals surface area contributed by atoms with Gasteiger partial charge in [0.15, 0.2) is 5.82 Å². The molecule has 2 aromatic rings. The zero-order chi connectivity index (χ0) is 21.8. The predicted octanol–water partition coefficient (Wildman–Crippen LogP) is 4.37. The highest BCUT2D eigenvalue weighted by Gasteiger charge is 2.30. The Morgan fingerprint density at radius 3 is 2.39 bits per heavy atom. The van der Waals surface area contributed by atoms with Crippen LogP contribution in [0.4, 0.5) is 13.2 Å². The highest BCUT2D eigenvalue weighted by Crippen LogP contribution is 2.31. The van der Waals surface area contributed by atoms with Gasteiger partial charge in [0, 0.05) is 38.2 Å². The Morgan fingerprint density at radius 2 is 1.74 bits per heavy atom. The van der Waals surface area contributed by atoms with Gasteiger partial charge < -0.3 is 9.42 Å². The summed E-state index contributed by atoms with van der Waals surface area (Å²) >= 11 is 0. The molecule has 0 spiro atoms. The molecule has 6 nitrogen and oxygen atoms in total. The first-order valence-electron chi connectivity index (χ1n) is 10.9. The molecule has 1 aromatic heterocycles.